The van der Waals surface area contributed by atoms with E-state index in [4.69, 9.17) is 4.74 Å². The Morgan fingerprint density at radius 1 is 1.29 bits per heavy atom. The molecule has 1 radical (unpaired) electrons. The minimum atomic E-state index is 0. The first-order valence-corrected chi connectivity index (χ1v) is 5.00. The molecule has 1 aliphatic heterocycles. The third kappa shape index (κ3) is 3.36. The first-order chi connectivity index (χ1) is 6.38. The van der Waals surface area contributed by atoms with Crippen molar-refractivity contribution in [3.05, 3.63) is 29.3 Å². The molecule has 14 heavy (non-hydrogen) atoms. The molecule has 1 heterocycles. The standard InChI is InChI=1S/C10H11O.C2H6.Y/c1-8-4-2-5-9-6-3-7-11-10(8)9;1-2;/h4-5H,3,6-7H2,1H3;1-2H3;/q-1;;. The zero-order chi connectivity index (χ0) is 9.68. The van der Waals surface area contributed by atoms with Crippen LogP contribution in [0.4, 0.5) is 0 Å². The SMILES string of the molecule is CC.Cc1c[c-]cc2c1OCCC2.[Y]. The van der Waals surface area contributed by atoms with Gasteiger partial charge in [-0.05, 0) is 6.42 Å². The fourth-order valence-electron chi connectivity index (χ4n) is 1.48. The fraction of sp³-hybridized carbons (Fsp3) is 0.500. The third-order valence-corrected chi connectivity index (χ3v) is 2.04. The summed E-state index contributed by atoms with van der Waals surface area (Å²) in [7, 11) is 0. The Bertz CT molecular complexity index is 271. The molecule has 0 saturated carbocycles. The molecule has 75 valence electrons. The zero-order valence-electron chi connectivity index (χ0n) is 9.26. The van der Waals surface area contributed by atoms with Crippen molar-refractivity contribution in [1.82, 2.24) is 0 Å². The molecule has 0 bridgehead atoms. The molecule has 0 spiro atoms. The van der Waals surface area contributed by atoms with Crippen molar-refractivity contribution in [3.8, 4) is 5.75 Å². The van der Waals surface area contributed by atoms with Crippen molar-refractivity contribution in [2.75, 3.05) is 6.61 Å². The summed E-state index contributed by atoms with van der Waals surface area (Å²) in [5, 5.41) is 0. The normalized spacial score (nSPS) is 12.5. The van der Waals surface area contributed by atoms with Crippen LogP contribution in [0.3, 0.4) is 0 Å². The topological polar surface area (TPSA) is 9.23 Å². The number of benzene rings is 1. The predicted molar refractivity (Wildman–Crippen MR) is 55.2 cm³/mol. The van der Waals surface area contributed by atoms with Crippen molar-refractivity contribution in [3.63, 3.8) is 0 Å². The molecular weight excluding hydrogens is 249 g/mol. The van der Waals surface area contributed by atoms with Gasteiger partial charge < -0.3 is 4.74 Å². The summed E-state index contributed by atoms with van der Waals surface area (Å²) in [6.45, 7) is 6.94. The van der Waals surface area contributed by atoms with E-state index in [0.717, 1.165) is 25.2 Å². The molecule has 1 aliphatic rings. The van der Waals surface area contributed by atoms with Crippen LogP contribution in [-0.2, 0) is 39.1 Å². The molecule has 0 aliphatic carbocycles. The number of hydrogen-bond donors (Lipinski definition) is 0. The summed E-state index contributed by atoms with van der Waals surface area (Å²) >= 11 is 0. The van der Waals surface area contributed by atoms with E-state index in [0.29, 0.717) is 0 Å². The van der Waals surface area contributed by atoms with E-state index in [2.05, 4.69) is 13.0 Å². The van der Waals surface area contributed by atoms with Crippen LogP contribution in [0.15, 0.2) is 12.1 Å². The summed E-state index contributed by atoms with van der Waals surface area (Å²) < 4.78 is 5.53. The first kappa shape index (κ1) is 14.1. The quantitative estimate of drug-likeness (QED) is 0.655. The summed E-state index contributed by atoms with van der Waals surface area (Å²) in [5.41, 5.74) is 2.53. The smallest absolute Gasteiger partial charge is 0.0844 e. The zero-order valence-corrected chi connectivity index (χ0v) is 12.1. The second kappa shape index (κ2) is 7.42. The van der Waals surface area contributed by atoms with Crippen molar-refractivity contribution in [2.45, 2.75) is 33.6 Å². The van der Waals surface area contributed by atoms with Gasteiger partial charge in [-0.1, -0.05) is 27.2 Å². The first-order valence-electron chi connectivity index (χ1n) is 5.00. The molecule has 2 rings (SSSR count). The van der Waals surface area contributed by atoms with E-state index in [-0.39, 0.29) is 32.7 Å². The molecule has 0 amide bonds. The summed E-state index contributed by atoms with van der Waals surface area (Å²) in [6.07, 6.45) is 2.29. The molecule has 0 fully saturated rings. The molecule has 1 aromatic carbocycles. The van der Waals surface area contributed by atoms with E-state index < -0.39 is 0 Å². The van der Waals surface area contributed by atoms with Gasteiger partial charge in [-0.15, -0.1) is 11.1 Å². The van der Waals surface area contributed by atoms with Crippen LogP contribution < -0.4 is 4.74 Å². The van der Waals surface area contributed by atoms with Gasteiger partial charge in [0.25, 0.3) is 0 Å². The molecule has 1 nitrogen and oxygen atoms in total. The number of hydrogen-bond acceptors (Lipinski definition) is 1. The molecule has 0 unspecified atom stereocenters. The van der Waals surface area contributed by atoms with Crippen LogP contribution in [0.5, 0.6) is 5.75 Å². The number of fused-ring (bicyclic) bond motifs is 1. The van der Waals surface area contributed by atoms with Crippen LogP contribution in [0.2, 0.25) is 0 Å². The van der Waals surface area contributed by atoms with Gasteiger partial charge in [0.2, 0.25) is 0 Å². The fourth-order valence-corrected chi connectivity index (χ4v) is 1.48. The molecule has 0 atom stereocenters. The molecule has 0 aromatic heterocycles. The predicted octanol–water partition coefficient (Wildman–Crippen LogP) is 3.14. The molecular formula is C12H17OY-. The minimum absolute atomic E-state index is 0. The second-order valence-electron chi connectivity index (χ2n) is 2.94. The number of aryl methyl sites for hydroxylation is 2. The van der Waals surface area contributed by atoms with Gasteiger partial charge in [0.15, 0.2) is 0 Å². The Hall–Kier alpha value is 0.124. The summed E-state index contributed by atoms with van der Waals surface area (Å²) in [6, 6.07) is 7.11. The van der Waals surface area contributed by atoms with E-state index in [1.807, 2.05) is 26.0 Å². The third-order valence-electron chi connectivity index (χ3n) is 2.04. The molecule has 2 heteroatoms. The van der Waals surface area contributed by atoms with Crippen LogP contribution in [0.1, 0.15) is 31.4 Å². The van der Waals surface area contributed by atoms with Crippen molar-refractivity contribution < 1.29 is 37.4 Å². The second-order valence-corrected chi connectivity index (χ2v) is 2.94. The van der Waals surface area contributed by atoms with Crippen LogP contribution in [0.25, 0.3) is 0 Å². The monoisotopic (exact) mass is 266 g/mol. The van der Waals surface area contributed by atoms with Gasteiger partial charge in [-0.25, -0.2) is 0 Å². The summed E-state index contributed by atoms with van der Waals surface area (Å²) in [4.78, 5) is 0. The Kier molecular flexibility index (Phi) is 7.49. The van der Waals surface area contributed by atoms with Gasteiger partial charge in [0.05, 0.1) is 6.61 Å². The van der Waals surface area contributed by atoms with Crippen molar-refractivity contribution >= 4 is 0 Å². The average molecular weight is 266 g/mol. The van der Waals surface area contributed by atoms with Gasteiger partial charge in [0.1, 0.15) is 0 Å². The van der Waals surface area contributed by atoms with E-state index in [9.17, 15) is 0 Å². The van der Waals surface area contributed by atoms with E-state index in [1.54, 1.807) is 0 Å². The maximum Gasteiger partial charge on any atom is 0.0844 e. The molecule has 0 saturated heterocycles. The maximum absolute atomic E-state index is 5.53. The van der Waals surface area contributed by atoms with Crippen molar-refractivity contribution in [1.29, 1.82) is 0 Å². The van der Waals surface area contributed by atoms with E-state index >= 15 is 0 Å². The van der Waals surface area contributed by atoms with Crippen LogP contribution >= 0.6 is 0 Å². The van der Waals surface area contributed by atoms with Crippen LogP contribution in [-0.4, -0.2) is 6.61 Å². The summed E-state index contributed by atoms with van der Waals surface area (Å²) in [5.74, 6) is 1.09. The Morgan fingerprint density at radius 3 is 2.64 bits per heavy atom. The maximum atomic E-state index is 5.53. The minimum Gasteiger partial charge on any atom is -0.518 e. The van der Waals surface area contributed by atoms with E-state index in [1.165, 1.54) is 11.1 Å². The van der Waals surface area contributed by atoms with Gasteiger partial charge in [0, 0.05) is 38.5 Å². The number of ether oxygens (including phenoxy) is 1. The Labute approximate surface area is 112 Å². The van der Waals surface area contributed by atoms with Gasteiger partial charge in [-0.3, -0.25) is 0 Å². The molecule has 1 aromatic rings. The largest absolute Gasteiger partial charge is 0.518 e. The number of rotatable bonds is 0. The Balaban J connectivity index is 0.000000531. The molecule has 0 N–H and O–H groups in total. The van der Waals surface area contributed by atoms with Crippen LogP contribution in [0, 0.1) is 13.0 Å². The Morgan fingerprint density at radius 2 is 2.00 bits per heavy atom. The van der Waals surface area contributed by atoms with Gasteiger partial charge >= 0.3 is 0 Å². The van der Waals surface area contributed by atoms with Crippen molar-refractivity contribution in [2.24, 2.45) is 0 Å². The van der Waals surface area contributed by atoms with Gasteiger partial charge in [-0.2, -0.15) is 18.2 Å². The average Bonchev–Trinajstić information content (AvgIpc) is 2.22.